The van der Waals surface area contributed by atoms with Gasteiger partial charge in [0.15, 0.2) is 5.78 Å². The molecule has 1 aliphatic heterocycles. The zero-order valence-corrected chi connectivity index (χ0v) is 36.8. The van der Waals surface area contributed by atoms with Gasteiger partial charge in [-0.2, -0.15) is 0 Å². The molecule has 2 aromatic heterocycles. The summed E-state index contributed by atoms with van der Waals surface area (Å²) in [6.45, 7) is 3.56. The van der Waals surface area contributed by atoms with Gasteiger partial charge in [0.25, 0.3) is 0 Å². The number of fused-ring (bicyclic) bond motifs is 1. The number of aromatic amines is 1. The number of H-pyrrole nitrogens is 1. The number of likely N-dealkylation sites (tertiary alicyclic amines) is 1. The first kappa shape index (κ1) is 44.7. The molecule has 1 fully saturated rings. The van der Waals surface area contributed by atoms with Gasteiger partial charge >= 0.3 is 5.97 Å². The number of nitrogens with zero attached hydrogens (tertiary/aromatic N) is 1. The van der Waals surface area contributed by atoms with Gasteiger partial charge < -0.3 is 30.4 Å². The van der Waals surface area contributed by atoms with Crippen LogP contribution in [0.3, 0.4) is 0 Å². The number of benzene rings is 5. The highest BCUT2D eigenvalue weighted by Crippen LogP contribution is 2.37. The molecule has 12 heteroatoms. The number of thiophene rings is 1. The lowest BCUT2D eigenvalue weighted by molar-refractivity contribution is -0.164. The summed E-state index contributed by atoms with van der Waals surface area (Å²) in [5.41, 5.74) is 2.70. The van der Waals surface area contributed by atoms with E-state index in [9.17, 15) is 29.7 Å². The summed E-state index contributed by atoms with van der Waals surface area (Å²) in [7, 11) is 0. The molecule has 328 valence electrons. The molecule has 3 heterocycles. The number of carbonyl (C=O) groups is 2. The van der Waals surface area contributed by atoms with Crippen LogP contribution < -0.4 is 10.9 Å². The second-order valence-corrected chi connectivity index (χ2v) is 18.0. The molecule has 0 unspecified atom stereocenters. The maximum Gasteiger partial charge on any atom is 0.347 e. The maximum atomic E-state index is 14.0. The van der Waals surface area contributed by atoms with Gasteiger partial charge in [-0.15, -0.1) is 11.3 Å². The first-order valence-corrected chi connectivity index (χ1v) is 22.7. The van der Waals surface area contributed by atoms with Gasteiger partial charge in [-0.1, -0.05) is 103 Å². The number of hydrogen-bond donors (Lipinski definition) is 5. The van der Waals surface area contributed by atoms with E-state index in [1.54, 1.807) is 65.9 Å². The largest absolute Gasteiger partial charge is 0.506 e. The Bertz CT molecular complexity index is 2790. The highest BCUT2D eigenvalue weighted by molar-refractivity contribution is 7.15. The summed E-state index contributed by atoms with van der Waals surface area (Å²) in [5, 5.41) is 37.5. The molecular weight excluding hydrogens is 846 g/mol. The number of rotatable bonds is 17. The fourth-order valence-electron chi connectivity index (χ4n) is 8.38. The number of Topliss-reactive ketones (excluding diaryl/α,β-unsaturated/α-hetero) is 1. The maximum absolute atomic E-state index is 14.0. The Balaban J connectivity index is 0.862. The summed E-state index contributed by atoms with van der Waals surface area (Å²) < 4.78 is 5.95. The van der Waals surface area contributed by atoms with Gasteiger partial charge in [0.05, 0.1) is 23.3 Å². The predicted octanol–water partition coefficient (Wildman–Crippen LogP) is 8.95. The fourth-order valence-corrected chi connectivity index (χ4v) is 9.69. The second kappa shape index (κ2) is 20.3. The van der Waals surface area contributed by atoms with Crippen LogP contribution in [0.15, 0.2) is 144 Å². The molecule has 5 aromatic carbocycles. The van der Waals surface area contributed by atoms with Crippen LogP contribution >= 0.6 is 22.9 Å². The van der Waals surface area contributed by atoms with Crippen LogP contribution in [0.1, 0.15) is 68.4 Å². The third-order valence-electron chi connectivity index (χ3n) is 12.0. The monoisotopic (exact) mass is 895 g/mol. The number of esters is 1. The van der Waals surface area contributed by atoms with Gasteiger partial charge in [0.2, 0.25) is 11.2 Å². The van der Waals surface area contributed by atoms with Crippen LogP contribution in [0.25, 0.3) is 21.3 Å². The van der Waals surface area contributed by atoms with Crippen LogP contribution in [-0.2, 0) is 34.6 Å². The van der Waals surface area contributed by atoms with Crippen molar-refractivity contribution in [1.82, 2.24) is 15.2 Å². The zero-order chi connectivity index (χ0) is 44.6. The number of ether oxygens (including phenoxy) is 1. The molecule has 10 nitrogen and oxygen atoms in total. The molecule has 0 radical (unpaired) electrons. The van der Waals surface area contributed by atoms with Crippen molar-refractivity contribution in [2.24, 2.45) is 5.92 Å². The number of hydrogen-bond acceptors (Lipinski definition) is 10. The molecule has 64 heavy (non-hydrogen) atoms. The van der Waals surface area contributed by atoms with Gasteiger partial charge in [0.1, 0.15) is 5.75 Å². The number of ketones is 1. The van der Waals surface area contributed by atoms with Crippen LogP contribution in [-0.4, -0.2) is 63.2 Å². The van der Waals surface area contributed by atoms with E-state index in [-0.39, 0.29) is 48.1 Å². The number of aromatic nitrogens is 1. The number of piperidine rings is 1. The first-order valence-electron chi connectivity index (χ1n) is 21.5. The number of aliphatic hydroxyl groups excluding tert-OH is 1. The predicted molar refractivity (Wildman–Crippen MR) is 252 cm³/mol. The van der Waals surface area contributed by atoms with Crippen LogP contribution in [0, 0.1) is 5.92 Å². The molecule has 0 aliphatic carbocycles. The molecule has 0 amide bonds. The van der Waals surface area contributed by atoms with E-state index in [0.717, 1.165) is 53.4 Å². The minimum atomic E-state index is -2.02. The Morgan fingerprint density at radius 2 is 1.61 bits per heavy atom. The summed E-state index contributed by atoms with van der Waals surface area (Å²) in [4.78, 5) is 46.1. The van der Waals surface area contributed by atoms with Crippen molar-refractivity contribution >= 4 is 45.6 Å². The topological polar surface area (TPSA) is 152 Å². The van der Waals surface area contributed by atoms with E-state index in [2.05, 4.69) is 39.5 Å². The molecule has 0 bridgehead atoms. The third kappa shape index (κ3) is 10.4. The quantitative estimate of drug-likeness (QED) is 0.0446. The Kier molecular flexibility index (Phi) is 14.2. The van der Waals surface area contributed by atoms with Crippen LogP contribution in [0.2, 0.25) is 5.02 Å². The van der Waals surface area contributed by atoms with Crippen molar-refractivity contribution in [3.8, 4) is 16.2 Å². The molecule has 7 aromatic rings. The first-order chi connectivity index (χ1) is 31.0. The summed E-state index contributed by atoms with van der Waals surface area (Å²) in [6.07, 6.45) is 1.66. The van der Waals surface area contributed by atoms with Gasteiger partial charge in [0, 0.05) is 58.4 Å². The Morgan fingerprint density at radius 1 is 0.859 bits per heavy atom. The normalized spacial score (nSPS) is 14.9. The Labute approximate surface area is 380 Å². The molecule has 1 saturated heterocycles. The number of pyridine rings is 1. The summed E-state index contributed by atoms with van der Waals surface area (Å²) in [5.74, 6) is -0.650. The number of phenolic OH excluding ortho intramolecular Hbond substituents is 1. The minimum Gasteiger partial charge on any atom is -0.506 e. The van der Waals surface area contributed by atoms with E-state index in [0.29, 0.717) is 45.6 Å². The van der Waals surface area contributed by atoms with E-state index in [4.69, 9.17) is 16.3 Å². The van der Waals surface area contributed by atoms with Gasteiger partial charge in [-0.25, -0.2) is 4.79 Å². The second-order valence-electron chi connectivity index (χ2n) is 16.4. The molecular formula is C52H50ClN3O7S. The lowest BCUT2D eigenvalue weighted by atomic mass is 9.85. The number of aromatic hydroxyl groups is 1. The van der Waals surface area contributed by atoms with E-state index in [1.807, 2.05) is 48.5 Å². The van der Waals surface area contributed by atoms with Crippen molar-refractivity contribution in [3.05, 3.63) is 193 Å². The standard InChI is InChI=1S/C52H50ClN3O7S/c53-44-28-36(30-54-31-47(59)41-18-21-46(58)50-42(41)19-23-49(60)55-50)14-17-43(44)45(57)20-15-40-16-22-48(64-40)37-10-7-13-39(29-37)52(62,38-11-5-2-6-12-38)51(61)63-33-35-24-26-56(27-25-35)32-34-8-3-1-4-9-34/h1-14,16-19,21-23,28-29,35,47,54,58-59,62H,15,20,24-27,30-33H2,(H,55,60)/t47-,52-/m0/s1. The highest BCUT2D eigenvalue weighted by Gasteiger charge is 2.42. The van der Waals surface area contributed by atoms with Crippen molar-refractivity contribution in [2.45, 2.75) is 50.5 Å². The molecule has 1 aliphatic rings. The minimum absolute atomic E-state index is 0.0744. The number of aliphatic hydroxyl groups is 2. The Morgan fingerprint density at radius 3 is 2.38 bits per heavy atom. The molecule has 0 spiro atoms. The highest BCUT2D eigenvalue weighted by atomic mass is 35.5. The number of halogens is 1. The molecule has 0 saturated carbocycles. The number of nitrogens with one attached hydrogen (secondary N) is 2. The Hall–Kier alpha value is -5.92. The van der Waals surface area contributed by atoms with Crippen molar-refractivity contribution in [1.29, 1.82) is 0 Å². The third-order valence-corrected chi connectivity index (χ3v) is 13.5. The van der Waals surface area contributed by atoms with Crippen molar-refractivity contribution in [2.75, 3.05) is 26.2 Å². The van der Waals surface area contributed by atoms with Crippen molar-refractivity contribution < 1.29 is 29.6 Å². The summed E-state index contributed by atoms with van der Waals surface area (Å²) >= 11 is 8.18. The van der Waals surface area contributed by atoms with E-state index in [1.165, 1.54) is 17.7 Å². The lowest BCUT2D eigenvalue weighted by Gasteiger charge is -2.33. The van der Waals surface area contributed by atoms with Gasteiger partial charge in [-0.05, 0) is 109 Å². The van der Waals surface area contributed by atoms with Crippen molar-refractivity contribution in [3.63, 3.8) is 0 Å². The van der Waals surface area contributed by atoms with Gasteiger partial charge in [-0.3, -0.25) is 14.5 Å². The van der Waals surface area contributed by atoms with E-state index < -0.39 is 17.7 Å². The van der Waals surface area contributed by atoms with Crippen LogP contribution in [0.5, 0.6) is 5.75 Å². The van der Waals surface area contributed by atoms with Crippen LogP contribution in [0.4, 0.5) is 0 Å². The summed E-state index contributed by atoms with van der Waals surface area (Å²) in [6, 6.07) is 42.0. The average molecular weight is 897 g/mol. The SMILES string of the molecule is O=C(CCc1ccc(-c2cccc([C@](O)(C(=O)OCC3CCN(Cc4ccccc4)CC3)c3ccccc3)c2)s1)c1ccc(CNC[C@H](O)c2ccc(O)c3[nH]c(=O)ccc23)cc1Cl. The average Bonchev–Trinajstić information content (AvgIpc) is 3.80. The smallest absolute Gasteiger partial charge is 0.347 e. The fraction of sp³-hybridized carbons (Fsp3) is 0.250. The lowest BCUT2D eigenvalue weighted by Crippen LogP contribution is -2.40. The zero-order valence-electron chi connectivity index (χ0n) is 35.2. The number of carbonyl (C=O) groups excluding carboxylic acids is 2. The molecule has 2 atom stereocenters. The molecule has 5 N–H and O–H groups in total. The number of phenols is 1. The number of aryl methyl sites for hydroxylation is 1. The molecule has 8 rings (SSSR count). The van der Waals surface area contributed by atoms with E-state index >= 15 is 0 Å².